The first-order chi connectivity index (χ1) is 10.2. The molecule has 4 nitrogen and oxygen atoms in total. The summed E-state index contributed by atoms with van der Waals surface area (Å²) in [6.07, 6.45) is 5.14. The van der Waals surface area contributed by atoms with Gasteiger partial charge < -0.3 is 15.4 Å². The SMILES string of the molecule is CN=C(NCc1ccc(C)cc1OCC1CC1)NC1CC1. The number of ether oxygens (including phenoxy) is 1. The number of hydrogen-bond acceptors (Lipinski definition) is 2. The first-order valence-corrected chi connectivity index (χ1v) is 7.94. The number of hydrogen-bond donors (Lipinski definition) is 2. The average Bonchev–Trinajstić information content (AvgIpc) is 3.37. The van der Waals surface area contributed by atoms with Crippen LogP contribution in [0.3, 0.4) is 0 Å². The lowest BCUT2D eigenvalue weighted by Crippen LogP contribution is -2.38. The smallest absolute Gasteiger partial charge is 0.191 e. The van der Waals surface area contributed by atoms with E-state index in [0.29, 0.717) is 6.04 Å². The van der Waals surface area contributed by atoms with Crippen molar-refractivity contribution < 1.29 is 4.74 Å². The molecule has 0 amide bonds. The molecule has 0 atom stereocenters. The zero-order valence-corrected chi connectivity index (χ0v) is 13.0. The maximum atomic E-state index is 6.00. The van der Waals surface area contributed by atoms with Gasteiger partial charge in [0.2, 0.25) is 0 Å². The van der Waals surface area contributed by atoms with Crippen LogP contribution in [-0.2, 0) is 6.54 Å². The van der Waals surface area contributed by atoms with Gasteiger partial charge in [0.05, 0.1) is 6.61 Å². The molecule has 21 heavy (non-hydrogen) atoms. The third kappa shape index (κ3) is 4.38. The average molecular weight is 287 g/mol. The van der Waals surface area contributed by atoms with Crippen LogP contribution in [0.5, 0.6) is 5.75 Å². The molecule has 0 spiro atoms. The van der Waals surface area contributed by atoms with E-state index in [1.165, 1.54) is 36.8 Å². The second-order valence-electron chi connectivity index (χ2n) is 6.21. The Hall–Kier alpha value is -1.71. The van der Waals surface area contributed by atoms with E-state index < -0.39 is 0 Å². The minimum atomic E-state index is 0.611. The molecule has 0 heterocycles. The molecule has 0 aromatic heterocycles. The molecule has 3 rings (SSSR count). The lowest BCUT2D eigenvalue weighted by molar-refractivity contribution is 0.296. The van der Waals surface area contributed by atoms with E-state index >= 15 is 0 Å². The van der Waals surface area contributed by atoms with Crippen molar-refractivity contribution >= 4 is 5.96 Å². The van der Waals surface area contributed by atoms with Crippen LogP contribution in [0.25, 0.3) is 0 Å². The summed E-state index contributed by atoms with van der Waals surface area (Å²) in [6.45, 7) is 3.70. The Morgan fingerprint density at radius 3 is 2.76 bits per heavy atom. The van der Waals surface area contributed by atoms with Crippen molar-refractivity contribution in [3.05, 3.63) is 29.3 Å². The highest BCUT2D eigenvalue weighted by Crippen LogP contribution is 2.30. The van der Waals surface area contributed by atoms with Crippen LogP contribution in [0.2, 0.25) is 0 Å². The molecule has 1 aromatic rings. The van der Waals surface area contributed by atoms with Gasteiger partial charge in [0.15, 0.2) is 5.96 Å². The summed E-state index contributed by atoms with van der Waals surface area (Å²) in [4.78, 5) is 4.27. The Kier molecular flexibility index (Phi) is 4.32. The minimum Gasteiger partial charge on any atom is -0.493 e. The van der Waals surface area contributed by atoms with Crippen molar-refractivity contribution in [3.63, 3.8) is 0 Å². The summed E-state index contributed by atoms with van der Waals surface area (Å²) in [5.74, 6) is 2.66. The van der Waals surface area contributed by atoms with Gasteiger partial charge in [-0.3, -0.25) is 4.99 Å². The van der Waals surface area contributed by atoms with E-state index in [-0.39, 0.29) is 0 Å². The molecule has 2 aliphatic carbocycles. The number of rotatable bonds is 6. The number of aryl methyl sites for hydroxylation is 1. The van der Waals surface area contributed by atoms with Crippen LogP contribution in [0.15, 0.2) is 23.2 Å². The van der Waals surface area contributed by atoms with Crippen molar-refractivity contribution in [2.24, 2.45) is 10.9 Å². The fourth-order valence-electron chi connectivity index (χ4n) is 2.23. The lowest BCUT2D eigenvalue weighted by Gasteiger charge is -2.15. The molecule has 2 N–H and O–H groups in total. The van der Waals surface area contributed by atoms with Crippen LogP contribution in [0, 0.1) is 12.8 Å². The van der Waals surface area contributed by atoms with E-state index in [1.54, 1.807) is 0 Å². The normalized spacial score (nSPS) is 18.5. The Balaban J connectivity index is 1.59. The monoisotopic (exact) mass is 287 g/mol. The van der Waals surface area contributed by atoms with Crippen LogP contribution in [0.4, 0.5) is 0 Å². The van der Waals surface area contributed by atoms with Crippen LogP contribution < -0.4 is 15.4 Å². The van der Waals surface area contributed by atoms with Crippen LogP contribution in [0.1, 0.15) is 36.8 Å². The van der Waals surface area contributed by atoms with Crippen molar-refractivity contribution in [1.29, 1.82) is 0 Å². The Labute approximate surface area is 127 Å². The Bertz CT molecular complexity index is 519. The zero-order valence-electron chi connectivity index (χ0n) is 13.0. The summed E-state index contributed by atoms with van der Waals surface area (Å²) in [6, 6.07) is 7.03. The minimum absolute atomic E-state index is 0.611. The molecule has 0 saturated heterocycles. The molecule has 0 radical (unpaired) electrons. The molecule has 0 aliphatic heterocycles. The molecule has 0 unspecified atom stereocenters. The molecular formula is C17H25N3O. The van der Waals surface area contributed by atoms with Gasteiger partial charge in [-0.1, -0.05) is 12.1 Å². The van der Waals surface area contributed by atoms with Gasteiger partial charge in [-0.25, -0.2) is 0 Å². The predicted octanol–water partition coefficient (Wildman–Crippen LogP) is 2.61. The highest BCUT2D eigenvalue weighted by Gasteiger charge is 2.23. The summed E-state index contributed by atoms with van der Waals surface area (Å²) in [5.41, 5.74) is 2.44. The molecule has 0 bridgehead atoms. The summed E-state index contributed by atoms with van der Waals surface area (Å²) >= 11 is 0. The van der Waals surface area contributed by atoms with Crippen molar-refractivity contribution in [3.8, 4) is 5.75 Å². The largest absolute Gasteiger partial charge is 0.493 e. The summed E-state index contributed by atoms with van der Waals surface area (Å²) < 4.78 is 6.00. The second-order valence-corrected chi connectivity index (χ2v) is 6.21. The van der Waals surface area contributed by atoms with Crippen LogP contribution in [-0.4, -0.2) is 25.7 Å². The maximum absolute atomic E-state index is 6.00. The Morgan fingerprint density at radius 1 is 1.29 bits per heavy atom. The predicted molar refractivity (Wildman–Crippen MR) is 85.8 cm³/mol. The van der Waals surface area contributed by atoms with Crippen molar-refractivity contribution in [1.82, 2.24) is 10.6 Å². The van der Waals surface area contributed by atoms with Crippen molar-refractivity contribution in [2.75, 3.05) is 13.7 Å². The molecule has 2 fully saturated rings. The topological polar surface area (TPSA) is 45.7 Å². The first-order valence-electron chi connectivity index (χ1n) is 7.94. The second kappa shape index (κ2) is 6.37. The van der Waals surface area contributed by atoms with E-state index in [9.17, 15) is 0 Å². The highest BCUT2D eigenvalue weighted by atomic mass is 16.5. The fourth-order valence-corrected chi connectivity index (χ4v) is 2.23. The lowest BCUT2D eigenvalue weighted by atomic mass is 10.1. The quantitative estimate of drug-likeness (QED) is 0.624. The summed E-state index contributed by atoms with van der Waals surface area (Å²) in [5, 5.41) is 6.78. The molecule has 2 saturated carbocycles. The van der Waals surface area contributed by atoms with E-state index in [0.717, 1.165) is 30.8 Å². The number of guanidine groups is 1. The number of aliphatic imine (C=N–C) groups is 1. The number of nitrogens with one attached hydrogen (secondary N) is 2. The standard InChI is InChI=1S/C17H25N3O/c1-12-3-6-14(16(9-12)21-11-13-4-5-13)10-19-17(18-2)20-15-7-8-15/h3,6,9,13,15H,4-5,7-8,10-11H2,1-2H3,(H2,18,19,20). The van der Waals surface area contributed by atoms with Gasteiger partial charge in [-0.05, 0) is 50.2 Å². The number of nitrogens with zero attached hydrogens (tertiary/aromatic N) is 1. The van der Waals surface area contributed by atoms with E-state index in [1.807, 2.05) is 7.05 Å². The maximum Gasteiger partial charge on any atom is 0.191 e. The van der Waals surface area contributed by atoms with Crippen molar-refractivity contribution in [2.45, 2.75) is 45.2 Å². The van der Waals surface area contributed by atoms with Gasteiger partial charge in [0, 0.05) is 25.2 Å². The fraction of sp³-hybridized carbons (Fsp3) is 0.588. The number of benzene rings is 1. The van der Waals surface area contributed by atoms with Crippen LogP contribution >= 0.6 is 0 Å². The third-order valence-corrected chi connectivity index (χ3v) is 3.98. The molecular weight excluding hydrogens is 262 g/mol. The molecule has 114 valence electrons. The molecule has 2 aliphatic rings. The van der Waals surface area contributed by atoms with Gasteiger partial charge in [-0.15, -0.1) is 0 Å². The summed E-state index contributed by atoms with van der Waals surface area (Å²) in [7, 11) is 1.82. The van der Waals surface area contributed by atoms with Gasteiger partial charge in [0.1, 0.15) is 5.75 Å². The first kappa shape index (κ1) is 14.2. The third-order valence-electron chi connectivity index (χ3n) is 3.98. The molecule has 4 heteroatoms. The highest BCUT2D eigenvalue weighted by molar-refractivity contribution is 5.80. The van der Waals surface area contributed by atoms with Gasteiger partial charge >= 0.3 is 0 Å². The Morgan fingerprint density at radius 2 is 2.10 bits per heavy atom. The van der Waals surface area contributed by atoms with E-state index in [4.69, 9.17) is 4.74 Å². The van der Waals surface area contributed by atoms with Gasteiger partial charge in [0.25, 0.3) is 0 Å². The zero-order chi connectivity index (χ0) is 14.7. The van der Waals surface area contributed by atoms with Gasteiger partial charge in [-0.2, -0.15) is 0 Å². The molecule has 1 aromatic carbocycles. The van der Waals surface area contributed by atoms with E-state index in [2.05, 4.69) is 40.7 Å².